The molecule has 0 bridgehead atoms. The predicted molar refractivity (Wildman–Crippen MR) is 82.4 cm³/mol. The summed E-state index contributed by atoms with van der Waals surface area (Å²) in [6.45, 7) is 4.00. The zero-order valence-electron chi connectivity index (χ0n) is 12.6. The molecular formula is C17H25N3. The van der Waals surface area contributed by atoms with Gasteiger partial charge < -0.3 is 4.90 Å². The summed E-state index contributed by atoms with van der Waals surface area (Å²) in [6, 6.07) is 13.6. The fourth-order valence-electron chi connectivity index (χ4n) is 3.17. The second-order valence-electron chi connectivity index (χ2n) is 5.84. The van der Waals surface area contributed by atoms with E-state index in [1.807, 2.05) is 0 Å². The molecule has 0 heterocycles. The first-order valence-corrected chi connectivity index (χ1v) is 7.59. The van der Waals surface area contributed by atoms with E-state index < -0.39 is 0 Å². The lowest BCUT2D eigenvalue weighted by Gasteiger charge is -2.27. The van der Waals surface area contributed by atoms with Gasteiger partial charge in [-0.05, 0) is 44.8 Å². The standard InChI is InChI=1S/C17H25N3/c1-3-19-17(14-18)11-9-16(13-17)20(2)12-10-15-7-5-4-6-8-15/h4-8,16,19H,3,9-13H2,1-2H3. The Kier molecular flexibility index (Phi) is 5.17. The molecule has 0 aliphatic heterocycles. The molecule has 0 radical (unpaired) electrons. The van der Waals surface area contributed by atoms with Crippen molar-refractivity contribution in [1.82, 2.24) is 10.2 Å². The van der Waals surface area contributed by atoms with Crippen molar-refractivity contribution >= 4 is 0 Å². The molecule has 1 N–H and O–H groups in total. The van der Waals surface area contributed by atoms with Gasteiger partial charge in [0.15, 0.2) is 0 Å². The van der Waals surface area contributed by atoms with E-state index in [2.05, 4.69) is 60.6 Å². The SMILES string of the molecule is CCNC1(C#N)CCC(N(C)CCc2ccccc2)C1. The van der Waals surface area contributed by atoms with Crippen LogP contribution in [0.25, 0.3) is 0 Å². The molecule has 1 aliphatic rings. The third-order valence-electron chi connectivity index (χ3n) is 4.44. The summed E-state index contributed by atoms with van der Waals surface area (Å²) < 4.78 is 0. The maximum absolute atomic E-state index is 9.42. The molecule has 0 amide bonds. The molecule has 0 aromatic heterocycles. The Morgan fingerprint density at radius 1 is 1.40 bits per heavy atom. The van der Waals surface area contributed by atoms with Crippen LogP contribution in [-0.4, -0.2) is 36.6 Å². The van der Waals surface area contributed by atoms with Gasteiger partial charge >= 0.3 is 0 Å². The van der Waals surface area contributed by atoms with Crippen LogP contribution in [0.1, 0.15) is 31.7 Å². The van der Waals surface area contributed by atoms with Gasteiger partial charge in [-0.2, -0.15) is 5.26 Å². The number of hydrogen-bond donors (Lipinski definition) is 1. The van der Waals surface area contributed by atoms with Crippen LogP contribution < -0.4 is 5.32 Å². The molecule has 108 valence electrons. The topological polar surface area (TPSA) is 39.1 Å². The molecule has 0 spiro atoms. The van der Waals surface area contributed by atoms with Crippen molar-refractivity contribution in [3.8, 4) is 6.07 Å². The molecular weight excluding hydrogens is 246 g/mol. The molecule has 2 atom stereocenters. The molecule has 2 unspecified atom stereocenters. The van der Waals surface area contributed by atoms with Crippen LogP contribution in [-0.2, 0) is 6.42 Å². The van der Waals surface area contributed by atoms with Crippen molar-refractivity contribution in [3.05, 3.63) is 35.9 Å². The van der Waals surface area contributed by atoms with Crippen molar-refractivity contribution in [1.29, 1.82) is 5.26 Å². The second-order valence-corrected chi connectivity index (χ2v) is 5.84. The van der Waals surface area contributed by atoms with Crippen LogP contribution in [0.2, 0.25) is 0 Å². The van der Waals surface area contributed by atoms with Crippen LogP contribution >= 0.6 is 0 Å². The van der Waals surface area contributed by atoms with E-state index in [9.17, 15) is 5.26 Å². The number of benzene rings is 1. The van der Waals surface area contributed by atoms with Crippen LogP contribution in [0.3, 0.4) is 0 Å². The number of hydrogen-bond acceptors (Lipinski definition) is 3. The first-order valence-electron chi connectivity index (χ1n) is 7.59. The highest BCUT2D eigenvalue weighted by Gasteiger charge is 2.39. The number of nitrogens with zero attached hydrogens (tertiary/aromatic N) is 2. The Balaban J connectivity index is 1.85. The van der Waals surface area contributed by atoms with Gasteiger partial charge in [-0.3, -0.25) is 5.32 Å². The Hall–Kier alpha value is -1.37. The summed E-state index contributed by atoms with van der Waals surface area (Å²) in [5.74, 6) is 0. The number of nitrogens with one attached hydrogen (secondary N) is 1. The van der Waals surface area contributed by atoms with Gasteiger partial charge in [0.2, 0.25) is 0 Å². The maximum atomic E-state index is 9.42. The van der Waals surface area contributed by atoms with Crippen LogP contribution in [0.4, 0.5) is 0 Å². The van der Waals surface area contributed by atoms with E-state index in [1.54, 1.807) is 0 Å². The zero-order valence-corrected chi connectivity index (χ0v) is 12.6. The average Bonchev–Trinajstić information content (AvgIpc) is 2.91. The molecule has 2 rings (SSSR count). The summed E-state index contributed by atoms with van der Waals surface area (Å²) in [6.07, 6.45) is 4.11. The van der Waals surface area contributed by atoms with E-state index in [0.29, 0.717) is 6.04 Å². The fraction of sp³-hybridized carbons (Fsp3) is 0.588. The minimum Gasteiger partial charge on any atom is -0.303 e. The van der Waals surface area contributed by atoms with Crippen molar-refractivity contribution in [2.24, 2.45) is 0 Å². The summed E-state index contributed by atoms with van der Waals surface area (Å²) in [7, 11) is 2.19. The summed E-state index contributed by atoms with van der Waals surface area (Å²) in [5.41, 5.74) is 1.09. The molecule has 3 heteroatoms. The van der Waals surface area contributed by atoms with E-state index in [-0.39, 0.29) is 5.54 Å². The lowest BCUT2D eigenvalue weighted by Crippen LogP contribution is -2.43. The normalized spacial score (nSPS) is 25.8. The quantitative estimate of drug-likeness (QED) is 0.864. The number of rotatable bonds is 6. The van der Waals surface area contributed by atoms with Gasteiger partial charge in [0.1, 0.15) is 5.54 Å². The van der Waals surface area contributed by atoms with E-state index in [0.717, 1.165) is 38.8 Å². The molecule has 1 aliphatic carbocycles. The lowest BCUT2D eigenvalue weighted by molar-refractivity contribution is 0.239. The lowest BCUT2D eigenvalue weighted by atomic mass is 9.99. The molecule has 1 fully saturated rings. The van der Waals surface area contributed by atoms with Crippen molar-refractivity contribution in [2.45, 2.75) is 44.2 Å². The first kappa shape index (κ1) is 15.0. The van der Waals surface area contributed by atoms with Gasteiger partial charge in [-0.1, -0.05) is 37.3 Å². The first-order chi connectivity index (χ1) is 9.69. The Morgan fingerprint density at radius 3 is 2.80 bits per heavy atom. The largest absolute Gasteiger partial charge is 0.303 e. The van der Waals surface area contributed by atoms with E-state index in [4.69, 9.17) is 0 Å². The molecule has 1 saturated carbocycles. The highest BCUT2D eigenvalue weighted by atomic mass is 15.1. The van der Waals surface area contributed by atoms with Crippen molar-refractivity contribution in [2.75, 3.05) is 20.1 Å². The highest BCUT2D eigenvalue weighted by molar-refractivity contribution is 5.16. The highest BCUT2D eigenvalue weighted by Crippen LogP contribution is 2.32. The fourth-order valence-corrected chi connectivity index (χ4v) is 3.17. The van der Waals surface area contributed by atoms with Gasteiger partial charge in [-0.15, -0.1) is 0 Å². The molecule has 1 aromatic carbocycles. The molecule has 1 aromatic rings. The molecule has 3 nitrogen and oxygen atoms in total. The average molecular weight is 271 g/mol. The Bertz CT molecular complexity index is 451. The number of likely N-dealkylation sites (N-methyl/N-ethyl adjacent to an activating group) is 1. The Labute approximate surface area is 122 Å². The van der Waals surface area contributed by atoms with Crippen molar-refractivity contribution < 1.29 is 0 Å². The summed E-state index contributed by atoms with van der Waals surface area (Å²) in [4.78, 5) is 2.42. The third kappa shape index (κ3) is 3.59. The van der Waals surface area contributed by atoms with Crippen LogP contribution in [0.5, 0.6) is 0 Å². The monoisotopic (exact) mass is 271 g/mol. The van der Waals surface area contributed by atoms with Gasteiger partial charge in [0.25, 0.3) is 0 Å². The van der Waals surface area contributed by atoms with Gasteiger partial charge in [0.05, 0.1) is 6.07 Å². The summed E-state index contributed by atoms with van der Waals surface area (Å²) >= 11 is 0. The minimum absolute atomic E-state index is 0.291. The summed E-state index contributed by atoms with van der Waals surface area (Å²) in [5, 5.41) is 12.8. The van der Waals surface area contributed by atoms with Gasteiger partial charge in [0, 0.05) is 12.6 Å². The van der Waals surface area contributed by atoms with Crippen LogP contribution in [0.15, 0.2) is 30.3 Å². The molecule has 20 heavy (non-hydrogen) atoms. The smallest absolute Gasteiger partial charge is 0.108 e. The maximum Gasteiger partial charge on any atom is 0.108 e. The van der Waals surface area contributed by atoms with E-state index >= 15 is 0 Å². The molecule has 0 saturated heterocycles. The van der Waals surface area contributed by atoms with Crippen molar-refractivity contribution in [3.63, 3.8) is 0 Å². The minimum atomic E-state index is -0.291. The zero-order chi connectivity index (χ0) is 14.4. The van der Waals surface area contributed by atoms with E-state index in [1.165, 1.54) is 5.56 Å². The van der Waals surface area contributed by atoms with Crippen LogP contribution in [0, 0.1) is 11.3 Å². The predicted octanol–water partition coefficient (Wildman–Crippen LogP) is 2.59. The third-order valence-corrected chi connectivity index (χ3v) is 4.44. The second kappa shape index (κ2) is 6.88. The number of nitriles is 1. The Morgan fingerprint density at radius 2 is 2.15 bits per heavy atom. The van der Waals surface area contributed by atoms with Gasteiger partial charge in [-0.25, -0.2) is 0 Å².